The van der Waals surface area contributed by atoms with Crippen LogP contribution in [0.1, 0.15) is 49.6 Å². The van der Waals surface area contributed by atoms with Crippen molar-refractivity contribution >= 4 is 33.6 Å². The van der Waals surface area contributed by atoms with Crippen molar-refractivity contribution in [2.45, 2.75) is 46.5 Å². The molecule has 164 valence electrons. The Balaban J connectivity index is 1.61. The van der Waals surface area contributed by atoms with E-state index in [9.17, 15) is 0 Å². The number of thiophene rings is 1. The molecule has 1 atom stereocenters. The van der Waals surface area contributed by atoms with Gasteiger partial charge in [0, 0.05) is 4.88 Å². The van der Waals surface area contributed by atoms with Gasteiger partial charge in [0.05, 0.1) is 25.8 Å². The van der Waals surface area contributed by atoms with Crippen molar-refractivity contribution in [3.05, 3.63) is 40.5 Å². The normalized spacial score (nSPS) is 16.5. The average Bonchev–Trinajstić information content (AvgIpc) is 3.17. The van der Waals surface area contributed by atoms with E-state index in [-0.39, 0.29) is 0 Å². The third kappa shape index (κ3) is 4.24. The molecule has 1 aliphatic carbocycles. The second kappa shape index (κ2) is 8.83. The number of ether oxygens (including phenoxy) is 2. The lowest BCUT2D eigenvalue weighted by atomic mass is 9.69. The first-order valence-corrected chi connectivity index (χ1v) is 11.5. The lowest BCUT2D eigenvalue weighted by Gasteiger charge is -2.36. The van der Waals surface area contributed by atoms with Crippen molar-refractivity contribution in [3.63, 3.8) is 0 Å². The van der Waals surface area contributed by atoms with Crippen LogP contribution in [0.25, 0.3) is 10.2 Å². The van der Waals surface area contributed by atoms with Gasteiger partial charge in [-0.1, -0.05) is 27.2 Å². The smallest absolute Gasteiger partial charge is 0.161 e. The number of methoxy groups -OCH3 is 2. The third-order valence-electron chi connectivity index (χ3n) is 6.65. The van der Waals surface area contributed by atoms with E-state index < -0.39 is 0 Å². The van der Waals surface area contributed by atoms with Crippen LogP contribution in [0.3, 0.4) is 0 Å². The molecule has 1 aliphatic rings. The Kier molecular flexibility index (Phi) is 6.14. The average molecular weight is 439 g/mol. The summed E-state index contributed by atoms with van der Waals surface area (Å²) < 4.78 is 10.7. The van der Waals surface area contributed by atoms with E-state index in [1.165, 1.54) is 23.3 Å². The first kappa shape index (κ1) is 21.6. The number of hydrogen-bond donors (Lipinski definition) is 1. The molecule has 6 nitrogen and oxygen atoms in total. The molecule has 0 spiro atoms. The van der Waals surface area contributed by atoms with Crippen LogP contribution in [-0.2, 0) is 12.8 Å². The number of benzene rings is 1. The Hall–Kier alpha value is -2.67. The number of hydrazone groups is 1. The summed E-state index contributed by atoms with van der Waals surface area (Å²) in [6, 6.07) is 5.70. The number of nitrogens with zero attached hydrogens (tertiary/aromatic N) is 3. The van der Waals surface area contributed by atoms with E-state index in [4.69, 9.17) is 9.47 Å². The quantitative estimate of drug-likeness (QED) is 0.379. The highest BCUT2D eigenvalue weighted by Crippen LogP contribution is 2.45. The van der Waals surface area contributed by atoms with Crippen molar-refractivity contribution in [1.29, 1.82) is 0 Å². The number of nitrogens with one attached hydrogen (secondary N) is 1. The van der Waals surface area contributed by atoms with E-state index in [1.54, 1.807) is 38.1 Å². The number of aryl methyl sites for hydroxylation is 1. The van der Waals surface area contributed by atoms with Gasteiger partial charge in [-0.3, -0.25) is 5.43 Å². The zero-order valence-corrected chi connectivity index (χ0v) is 19.7. The summed E-state index contributed by atoms with van der Waals surface area (Å²) >= 11 is 1.80. The van der Waals surface area contributed by atoms with Crippen LogP contribution in [0.2, 0.25) is 0 Å². The van der Waals surface area contributed by atoms with Gasteiger partial charge >= 0.3 is 0 Å². The van der Waals surface area contributed by atoms with Crippen LogP contribution in [0.5, 0.6) is 11.5 Å². The van der Waals surface area contributed by atoms with E-state index in [0.29, 0.717) is 22.8 Å². The lowest BCUT2D eigenvalue weighted by molar-refractivity contribution is 0.184. The van der Waals surface area contributed by atoms with Gasteiger partial charge in [-0.05, 0) is 59.9 Å². The Morgan fingerprint density at radius 3 is 2.77 bits per heavy atom. The fraction of sp³-hybridized carbons (Fsp3) is 0.458. The molecular formula is C24H30N4O2S. The molecular weight excluding hydrogens is 408 g/mol. The number of rotatable bonds is 7. The number of hydrogen-bond acceptors (Lipinski definition) is 7. The fourth-order valence-corrected chi connectivity index (χ4v) is 5.43. The Bertz CT molecular complexity index is 1110. The minimum atomic E-state index is 0.334. The van der Waals surface area contributed by atoms with Crippen LogP contribution < -0.4 is 14.9 Å². The SMILES string of the molecule is CCC(C)(C)[C@H]1CCc2sc3ncnc(N/N=C/c4ccc(OC)c(OC)c4)c3c2C1. The minimum Gasteiger partial charge on any atom is -0.493 e. The summed E-state index contributed by atoms with van der Waals surface area (Å²) in [5.74, 6) is 2.81. The highest BCUT2D eigenvalue weighted by atomic mass is 32.1. The molecule has 0 radical (unpaired) electrons. The van der Waals surface area contributed by atoms with Crippen LogP contribution in [0, 0.1) is 11.3 Å². The first-order valence-electron chi connectivity index (χ1n) is 10.7. The zero-order chi connectivity index (χ0) is 22.0. The van der Waals surface area contributed by atoms with Gasteiger partial charge in [0.1, 0.15) is 11.2 Å². The van der Waals surface area contributed by atoms with Crippen molar-refractivity contribution in [1.82, 2.24) is 9.97 Å². The van der Waals surface area contributed by atoms with E-state index in [0.717, 1.165) is 34.4 Å². The molecule has 7 heteroatoms. The van der Waals surface area contributed by atoms with E-state index in [1.807, 2.05) is 18.2 Å². The maximum Gasteiger partial charge on any atom is 0.161 e. The van der Waals surface area contributed by atoms with Gasteiger partial charge in [-0.2, -0.15) is 5.10 Å². The molecule has 0 aliphatic heterocycles. The molecule has 0 fully saturated rings. The minimum absolute atomic E-state index is 0.334. The zero-order valence-electron chi connectivity index (χ0n) is 18.9. The number of aromatic nitrogens is 2. The van der Waals surface area contributed by atoms with Crippen LogP contribution in [0.4, 0.5) is 5.82 Å². The summed E-state index contributed by atoms with van der Waals surface area (Å²) in [5, 5.41) is 5.58. The van der Waals surface area contributed by atoms with Gasteiger partial charge < -0.3 is 9.47 Å². The predicted molar refractivity (Wildman–Crippen MR) is 128 cm³/mol. The summed E-state index contributed by atoms with van der Waals surface area (Å²) in [7, 11) is 3.25. The van der Waals surface area contributed by atoms with Gasteiger partial charge in [-0.25, -0.2) is 9.97 Å². The van der Waals surface area contributed by atoms with Gasteiger partial charge in [0.25, 0.3) is 0 Å². The molecule has 0 amide bonds. The van der Waals surface area contributed by atoms with E-state index >= 15 is 0 Å². The van der Waals surface area contributed by atoms with Gasteiger partial charge in [0.15, 0.2) is 17.3 Å². The lowest BCUT2D eigenvalue weighted by Crippen LogP contribution is -2.28. The van der Waals surface area contributed by atoms with Gasteiger partial charge in [0.2, 0.25) is 0 Å². The molecule has 2 heterocycles. The Labute approximate surface area is 187 Å². The molecule has 1 aromatic carbocycles. The number of anilines is 1. The largest absolute Gasteiger partial charge is 0.493 e. The Morgan fingerprint density at radius 2 is 2.03 bits per heavy atom. The standard InChI is InChI=1S/C24H30N4O2S/c1-6-24(2,3)16-8-10-20-17(12-16)21-22(25-14-26-23(21)31-20)28-27-13-15-7-9-18(29-4)19(11-15)30-5/h7,9,11,13-14,16H,6,8,10,12H2,1-5H3,(H,25,26,28)/b27-13+/t16-/m0/s1. The molecule has 0 saturated carbocycles. The topological polar surface area (TPSA) is 68.6 Å². The Morgan fingerprint density at radius 1 is 1.23 bits per heavy atom. The second-order valence-electron chi connectivity index (χ2n) is 8.67. The number of fused-ring (bicyclic) bond motifs is 3. The van der Waals surface area contributed by atoms with Crippen LogP contribution >= 0.6 is 11.3 Å². The van der Waals surface area contributed by atoms with Crippen molar-refractivity contribution in [3.8, 4) is 11.5 Å². The van der Waals surface area contributed by atoms with Gasteiger partial charge in [-0.15, -0.1) is 11.3 Å². The molecule has 31 heavy (non-hydrogen) atoms. The molecule has 0 bridgehead atoms. The highest BCUT2D eigenvalue weighted by Gasteiger charge is 2.33. The summed E-state index contributed by atoms with van der Waals surface area (Å²) in [6.45, 7) is 7.07. The maximum atomic E-state index is 5.37. The molecule has 4 rings (SSSR count). The van der Waals surface area contributed by atoms with Crippen molar-refractivity contribution in [2.75, 3.05) is 19.6 Å². The molecule has 3 aromatic rings. The summed E-state index contributed by atoms with van der Waals surface area (Å²) in [6.07, 6.45) is 8.01. The van der Waals surface area contributed by atoms with Crippen molar-refractivity contribution in [2.24, 2.45) is 16.4 Å². The highest BCUT2D eigenvalue weighted by molar-refractivity contribution is 7.19. The van der Waals surface area contributed by atoms with E-state index in [2.05, 4.69) is 41.3 Å². The molecule has 0 unspecified atom stereocenters. The third-order valence-corrected chi connectivity index (χ3v) is 7.85. The second-order valence-corrected chi connectivity index (χ2v) is 9.76. The maximum absolute atomic E-state index is 5.37. The molecule has 2 aromatic heterocycles. The fourth-order valence-electron chi connectivity index (χ4n) is 4.25. The molecule has 0 saturated heterocycles. The monoisotopic (exact) mass is 438 g/mol. The first-order chi connectivity index (χ1) is 15.0. The summed E-state index contributed by atoms with van der Waals surface area (Å²) in [4.78, 5) is 11.6. The van der Waals surface area contributed by atoms with Crippen LogP contribution in [-0.4, -0.2) is 30.4 Å². The molecule has 1 N–H and O–H groups in total. The predicted octanol–water partition coefficient (Wildman–Crippen LogP) is 5.70. The van der Waals surface area contributed by atoms with Crippen molar-refractivity contribution < 1.29 is 9.47 Å². The summed E-state index contributed by atoms with van der Waals surface area (Å²) in [5.41, 5.74) is 5.81. The van der Waals surface area contributed by atoms with Crippen LogP contribution in [0.15, 0.2) is 29.6 Å².